The highest BCUT2D eigenvalue weighted by Gasteiger charge is 2.23. The molecule has 0 aliphatic carbocycles. The van der Waals surface area contributed by atoms with Crippen molar-refractivity contribution in [3.05, 3.63) is 102 Å². The summed E-state index contributed by atoms with van der Waals surface area (Å²) >= 11 is 0. The van der Waals surface area contributed by atoms with Crippen molar-refractivity contribution >= 4 is 22.7 Å². The number of hydrogen-bond acceptors (Lipinski definition) is 3. The van der Waals surface area contributed by atoms with Gasteiger partial charge in [-0.25, -0.2) is 0 Å². The number of para-hydroxylation sites is 1. The zero-order chi connectivity index (χ0) is 22.3. The summed E-state index contributed by atoms with van der Waals surface area (Å²) in [5, 5.41) is 3.93. The quantitative estimate of drug-likeness (QED) is 0.446. The first-order chi connectivity index (χ1) is 15.6. The number of hydrogen-bond donors (Lipinski definition) is 2. The summed E-state index contributed by atoms with van der Waals surface area (Å²) in [4.78, 5) is 34.8. The summed E-state index contributed by atoms with van der Waals surface area (Å²) in [5.41, 5.74) is 3.01. The van der Waals surface area contributed by atoms with Crippen LogP contribution < -0.4 is 5.32 Å². The lowest BCUT2D eigenvalue weighted by Crippen LogP contribution is -2.41. The Morgan fingerprint density at radius 2 is 1.81 bits per heavy atom. The second-order valence-electron chi connectivity index (χ2n) is 7.77. The van der Waals surface area contributed by atoms with Gasteiger partial charge in [0.1, 0.15) is 5.69 Å². The molecule has 0 aliphatic heterocycles. The van der Waals surface area contributed by atoms with E-state index in [4.69, 9.17) is 0 Å². The summed E-state index contributed by atoms with van der Waals surface area (Å²) in [7, 11) is 1.83. The van der Waals surface area contributed by atoms with Gasteiger partial charge < -0.3 is 15.2 Å². The first kappa shape index (κ1) is 21.3. The molecule has 2 heterocycles. The molecule has 0 bridgehead atoms. The van der Waals surface area contributed by atoms with Gasteiger partial charge in [-0.2, -0.15) is 0 Å². The standard InChI is InChI=1S/C26H26N4O2/c1-30(26(32)22-11-7-10-20-13-16-28-24(20)22)21(18-19-8-3-2-4-9-19)14-17-29-25(31)23-12-5-6-15-27-23/h2-13,15-16,21,28H,14,17-18H2,1H3,(H,29,31)/t21-/m1/s1. The third kappa shape index (κ3) is 4.86. The van der Waals surface area contributed by atoms with Crippen molar-refractivity contribution in [3.63, 3.8) is 0 Å². The van der Waals surface area contributed by atoms with E-state index in [1.165, 1.54) is 0 Å². The minimum absolute atomic E-state index is 0.0463. The van der Waals surface area contributed by atoms with Crippen molar-refractivity contribution in [3.8, 4) is 0 Å². The van der Waals surface area contributed by atoms with Crippen molar-refractivity contribution < 1.29 is 9.59 Å². The van der Waals surface area contributed by atoms with Crippen LogP contribution in [0.25, 0.3) is 10.9 Å². The van der Waals surface area contributed by atoms with Crippen LogP contribution in [0.4, 0.5) is 0 Å². The fraction of sp³-hybridized carbons (Fsp3) is 0.192. The molecule has 0 spiro atoms. The Morgan fingerprint density at radius 1 is 1.00 bits per heavy atom. The van der Waals surface area contributed by atoms with E-state index in [2.05, 4.69) is 27.4 Å². The van der Waals surface area contributed by atoms with E-state index in [-0.39, 0.29) is 17.9 Å². The van der Waals surface area contributed by atoms with E-state index >= 15 is 0 Å². The summed E-state index contributed by atoms with van der Waals surface area (Å²) in [6.45, 7) is 0.442. The molecule has 0 radical (unpaired) electrons. The molecular formula is C26H26N4O2. The molecule has 0 saturated carbocycles. The van der Waals surface area contributed by atoms with Crippen LogP contribution in [-0.4, -0.2) is 46.3 Å². The summed E-state index contributed by atoms with van der Waals surface area (Å²) < 4.78 is 0. The lowest BCUT2D eigenvalue weighted by Gasteiger charge is -2.29. The zero-order valence-corrected chi connectivity index (χ0v) is 18.0. The van der Waals surface area contributed by atoms with Crippen molar-refractivity contribution in [1.29, 1.82) is 0 Å². The smallest absolute Gasteiger partial charge is 0.269 e. The van der Waals surface area contributed by atoms with Crippen molar-refractivity contribution in [2.24, 2.45) is 0 Å². The molecule has 0 fully saturated rings. The van der Waals surface area contributed by atoms with Gasteiger partial charge in [-0.1, -0.05) is 48.5 Å². The number of benzene rings is 2. The number of carbonyl (C=O) groups excluding carboxylic acids is 2. The van der Waals surface area contributed by atoms with Crippen LogP contribution >= 0.6 is 0 Å². The van der Waals surface area contributed by atoms with Crippen molar-refractivity contribution in [1.82, 2.24) is 20.2 Å². The van der Waals surface area contributed by atoms with Gasteiger partial charge in [0.2, 0.25) is 0 Å². The summed E-state index contributed by atoms with van der Waals surface area (Å²) in [6, 6.07) is 22.9. The number of rotatable bonds is 8. The Morgan fingerprint density at radius 3 is 2.59 bits per heavy atom. The van der Waals surface area contributed by atoms with Crippen molar-refractivity contribution in [2.75, 3.05) is 13.6 Å². The second-order valence-corrected chi connectivity index (χ2v) is 7.77. The molecule has 2 aromatic carbocycles. The minimum Gasteiger partial charge on any atom is -0.361 e. The molecular weight excluding hydrogens is 400 g/mol. The van der Waals surface area contributed by atoms with Crippen LogP contribution in [0.3, 0.4) is 0 Å². The number of nitrogens with zero attached hydrogens (tertiary/aromatic N) is 2. The number of carbonyl (C=O) groups is 2. The Kier molecular flexibility index (Phi) is 6.60. The van der Waals surface area contributed by atoms with Gasteiger partial charge in [-0.15, -0.1) is 0 Å². The highest BCUT2D eigenvalue weighted by molar-refractivity contribution is 6.05. The summed E-state index contributed by atoms with van der Waals surface area (Å²) in [6.07, 6.45) is 4.76. The van der Waals surface area contributed by atoms with Crippen LogP contribution in [0.5, 0.6) is 0 Å². The van der Waals surface area contributed by atoms with Crippen LogP contribution in [-0.2, 0) is 6.42 Å². The Labute approximate surface area is 187 Å². The lowest BCUT2D eigenvalue weighted by atomic mass is 10.0. The maximum atomic E-state index is 13.4. The van der Waals surface area contributed by atoms with E-state index in [1.54, 1.807) is 29.3 Å². The van der Waals surface area contributed by atoms with E-state index in [9.17, 15) is 9.59 Å². The number of aromatic nitrogens is 2. The van der Waals surface area contributed by atoms with Gasteiger partial charge in [0, 0.05) is 37.4 Å². The molecule has 162 valence electrons. The van der Waals surface area contributed by atoms with Crippen LogP contribution in [0.2, 0.25) is 0 Å². The normalized spacial score (nSPS) is 11.8. The van der Waals surface area contributed by atoms with Crippen LogP contribution in [0.15, 0.2) is 85.2 Å². The monoisotopic (exact) mass is 426 g/mol. The molecule has 2 N–H and O–H groups in total. The molecule has 2 aromatic heterocycles. The van der Waals surface area contributed by atoms with E-state index < -0.39 is 0 Å². The van der Waals surface area contributed by atoms with Gasteiger partial charge in [0.15, 0.2) is 0 Å². The Hall–Kier alpha value is -3.93. The molecule has 0 saturated heterocycles. The fourth-order valence-corrected chi connectivity index (χ4v) is 3.88. The van der Waals surface area contributed by atoms with Crippen LogP contribution in [0.1, 0.15) is 32.8 Å². The average molecular weight is 427 g/mol. The first-order valence-corrected chi connectivity index (χ1v) is 10.7. The maximum Gasteiger partial charge on any atom is 0.269 e. The third-order valence-electron chi connectivity index (χ3n) is 5.66. The lowest BCUT2D eigenvalue weighted by molar-refractivity contribution is 0.0724. The van der Waals surface area contributed by atoms with Gasteiger partial charge >= 0.3 is 0 Å². The molecule has 0 aliphatic rings. The molecule has 32 heavy (non-hydrogen) atoms. The van der Waals surface area contributed by atoms with Gasteiger partial charge in [-0.3, -0.25) is 14.6 Å². The largest absolute Gasteiger partial charge is 0.361 e. The Bertz CT molecular complexity index is 1190. The number of pyridine rings is 1. The zero-order valence-electron chi connectivity index (χ0n) is 18.0. The predicted octanol–water partition coefficient (Wildman–Crippen LogP) is 4.07. The number of H-pyrrole nitrogens is 1. The number of amides is 2. The molecule has 6 heteroatoms. The molecule has 4 rings (SSSR count). The summed E-state index contributed by atoms with van der Waals surface area (Å²) in [5.74, 6) is -0.260. The maximum absolute atomic E-state index is 13.4. The molecule has 1 atom stereocenters. The molecule has 6 nitrogen and oxygen atoms in total. The highest BCUT2D eigenvalue weighted by atomic mass is 16.2. The number of likely N-dealkylation sites (N-methyl/N-ethyl adjacent to an activating group) is 1. The molecule has 2 amide bonds. The van der Waals surface area contributed by atoms with E-state index in [1.807, 2.05) is 55.7 Å². The topological polar surface area (TPSA) is 78.1 Å². The Balaban J connectivity index is 1.50. The number of nitrogens with one attached hydrogen (secondary N) is 2. The van der Waals surface area contributed by atoms with E-state index in [0.29, 0.717) is 30.6 Å². The van der Waals surface area contributed by atoms with Gasteiger partial charge in [-0.05, 0) is 42.7 Å². The van der Waals surface area contributed by atoms with Crippen LogP contribution in [0, 0.1) is 0 Å². The number of aromatic amines is 1. The fourth-order valence-electron chi connectivity index (χ4n) is 3.88. The third-order valence-corrected chi connectivity index (χ3v) is 5.66. The minimum atomic E-state index is -0.214. The average Bonchev–Trinajstić information content (AvgIpc) is 3.33. The van der Waals surface area contributed by atoms with E-state index in [0.717, 1.165) is 16.5 Å². The highest BCUT2D eigenvalue weighted by Crippen LogP contribution is 2.21. The predicted molar refractivity (Wildman–Crippen MR) is 126 cm³/mol. The van der Waals surface area contributed by atoms with Gasteiger partial charge in [0.05, 0.1) is 11.1 Å². The van der Waals surface area contributed by atoms with Crippen molar-refractivity contribution in [2.45, 2.75) is 18.9 Å². The second kappa shape index (κ2) is 9.92. The molecule has 4 aromatic rings. The first-order valence-electron chi connectivity index (χ1n) is 10.7. The molecule has 0 unspecified atom stereocenters. The SMILES string of the molecule is CN(C(=O)c1cccc2cc[nH]c12)[C@H](CCNC(=O)c1ccccn1)Cc1ccccc1. The number of fused-ring (bicyclic) bond motifs is 1. The van der Waals surface area contributed by atoms with Gasteiger partial charge in [0.25, 0.3) is 11.8 Å².